The van der Waals surface area contributed by atoms with E-state index in [1.54, 1.807) is 6.07 Å². The lowest BCUT2D eigenvalue weighted by Gasteiger charge is -2.19. The van der Waals surface area contributed by atoms with Crippen LogP contribution in [0.4, 0.5) is 0 Å². The molecule has 1 rings (SSSR count). The Morgan fingerprint density at radius 1 is 1.30 bits per heavy atom. The highest BCUT2D eigenvalue weighted by molar-refractivity contribution is 5.95. The molecule has 0 unspecified atom stereocenters. The topological polar surface area (TPSA) is 165 Å². The first-order valence-electron chi connectivity index (χ1n) is 6.65. The zero-order chi connectivity index (χ0) is 17.4. The smallest absolute Gasteiger partial charge is 0.333 e. The molecule has 0 saturated carbocycles. The van der Waals surface area contributed by atoms with Crippen LogP contribution in [-0.2, 0) is 4.79 Å². The van der Waals surface area contributed by atoms with Gasteiger partial charge in [0.15, 0.2) is 17.0 Å². The number of carbonyl (C=O) groups is 2. The van der Waals surface area contributed by atoms with E-state index in [-0.39, 0.29) is 35.9 Å². The Morgan fingerprint density at radius 3 is 2.39 bits per heavy atom. The second-order valence-corrected chi connectivity index (χ2v) is 4.56. The standard InChI is InChI=1S/C13H17N5O5/c14-13(15)16-8-4-7-10(12(20)21)17(18(22)23)11(19)9-5-2-1-3-6-9/h1-3,5-6,10H,4,7-8H2,(H,20,21)(H4,14,15,16)/t10-/m0/s1. The van der Waals surface area contributed by atoms with Crippen LogP contribution in [0.1, 0.15) is 23.2 Å². The molecule has 0 spiro atoms. The van der Waals surface area contributed by atoms with Crippen molar-refractivity contribution in [2.24, 2.45) is 16.5 Å². The molecule has 1 atom stereocenters. The van der Waals surface area contributed by atoms with Gasteiger partial charge in [-0.15, -0.1) is 0 Å². The highest BCUT2D eigenvalue weighted by Crippen LogP contribution is 2.13. The van der Waals surface area contributed by atoms with Gasteiger partial charge in [0, 0.05) is 12.1 Å². The largest absolute Gasteiger partial charge is 0.480 e. The van der Waals surface area contributed by atoms with E-state index in [1.165, 1.54) is 24.3 Å². The zero-order valence-electron chi connectivity index (χ0n) is 12.2. The lowest BCUT2D eigenvalue weighted by molar-refractivity contribution is -0.638. The first-order valence-corrected chi connectivity index (χ1v) is 6.65. The quantitative estimate of drug-likeness (QED) is 0.196. The Hall–Kier alpha value is -3.17. The second kappa shape index (κ2) is 8.32. The normalized spacial score (nSPS) is 11.3. The molecule has 23 heavy (non-hydrogen) atoms. The third-order valence-electron chi connectivity index (χ3n) is 2.92. The first kappa shape index (κ1) is 17.9. The van der Waals surface area contributed by atoms with Crippen LogP contribution in [0.15, 0.2) is 35.3 Å². The van der Waals surface area contributed by atoms with Gasteiger partial charge in [-0.2, -0.15) is 0 Å². The molecule has 1 aromatic carbocycles. The number of benzene rings is 1. The molecule has 0 aliphatic carbocycles. The molecule has 0 bridgehead atoms. The lowest BCUT2D eigenvalue weighted by Crippen LogP contribution is -2.48. The van der Waals surface area contributed by atoms with Crippen molar-refractivity contribution in [3.8, 4) is 0 Å². The van der Waals surface area contributed by atoms with E-state index in [9.17, 15) is 24.8 Å². The number of aliphatic carboxylic acids is 1. The van der Waals surface area contributed by atoms with Crippen molar-refractivity contribution in [2.75, 3.05) is 6.54 Å². The van der Waals surface area contributed by atoms with E-state index < -0.39 is 23.0 Å². The highest BCUT2D eigenvalue weighted by atomic mass is 16.7. The predicted molar refractivity (Wildman–Crippen MR) is 80.9 cm³/mol. The molecular formula is C13H17N5O5. The number of guanidine groups is 1. The van der Waals surface area contributed by atoms with Gasteiger partial charge in [0.1, 0.15) is 0 Å². The Kier molecular flexibility index (Phi) is 6.46. The molecule has 0 aromatic heterocycles. The molecule has 1 amide bonds. The van der Waals surface area contributed by atoms with Crippen molar-refractivity contribution in [3.63, 3.8) is 0 Å². The monoisotopic (exact) mass is 323 g/mol. The number of rotatable bonds is 8. The Labute approximate surface area is 131 Å². The molecule has 0 saturated heterocycles. The number of aliphatic imine (C=N–C) groups is 1. The van der Waals surface area contributed by atoms with Crippen LogP contribution in [0.25, 0.3) is 0 Å². The number of nitrogens with zero attached hydrogens (tertiary/aromatic N) is 3. The van der Waals surface area contributed by atoms with Gasteiger partial charge in [0.25, 0.3) is 0 Å². The number of nitrogens with two attached hydrogens (primary N) is 2. The summed E-state index contributed by atoms with van der Waals surface area (Å²) in [4.78, 5) is 38.4. The van der Waals surface area contributed by atoms with Crippen LogP contribution in [-0.4, -0.2) is 45.6 Å². The molecule has 0 heterocycles. The summed E-state index contributed by atoms with van der Waals surface area (Å²) in [6.07, 6.45) is 0.00689. The summed E-state index contributed by atoms with van der Waals surface area (Å²) in [6.45, 7) is 0.108. The molecule has 0 aliphatic rings. The number of hydrogen-bond acceptors (Lipinski definition) is 5. The average molecular weight is 323 g/mol. The fourth-order valence-corrected chi connectivity index (χ4v) is 1.89. The third kappa shape index (κ3) is 5.26. The van der Waals surface area contributed by atoms with E-state index in [2.05, 4.69) is 4.99 Å². The van der Waals surface area contributed by atoms with Crippen molar-refractivity contribution >= 4 is 17.8 Å². The van der Waals surface area contributed by atoms with Gasteiger partial charge < -0.3 is 16.6 Å². The Morgan fingerprint density at radius 2 is 1.91 bits per heavy atom. The Bertz CT molecular complexity index is 600. The average Bonchev–Trinajstić information content (AvgIpc) is 2.49. The van der Waals surface area contributed by atoms with Gasteiger partial charge in [-0.05, 0) is 30.0 Å². The SMILES string of the molecule is NC(N)=NCCC[C@@H](C(=O)O)N(C(=O)c1ccccc1)[N+](=O)[O-]. The third-order valence-corrected chi connectivity index (χ3v) is 2.92. The van der Waals surface area contributed by atoms with Crippen LogP contribution < -0.4 is 11.5 Å². The van der Waals surface area contributed by atoms with E-state index in [0.29, 0.717) is 0 Å². The van der Waals surface area contributed by atoms with E-state index in [4.69, 9.17) is 11.5 Å². The fourth-order valence-electron chi connectivity index (χ4n) is 1.89. The number of carboxylic acids is 1. The minimum atomic E-state index is -1.62. The summed E-state index contributed by atoms with van der Waals surface area (Å²) in [5.41, 5.74) is 10.3. The molecule has 10 nitrogen and oxygen atoms in total. The summed E-state index contributed by atoms with van der Waals surface area (Å²) in [5.74, 6) is -2.64. The maximum absolute atomic E-state index is 12.2. The summed E-state index contributed by atoms with van der Waals surface area (Å²) in [7, 11) is 0. The number of hydrazine groups is 1. The maximum Gasteiger partial charge on any atom is 0.333 e. The lowest BCUT2D eigenvalue weighted by atomic mass is 10.1. The molecular weight excluding hydrogens is 306 g/mol. The Balaban J connectivity index is 2.94. The summed E-state index contributed by atoms with van der Waals surface area (Å²) >= 11 is 0. The summed E-state index contributed by atoms with van der Waals surface area (Å²) < 4.78 is 0. The molecule has 10 heteroatoms. The minimum absolute atomic E-state index is 0.0275. The molecule has 5 N–H and O–H groups in total. The van der Waals surface area contributed by atoms with Crippen LogP contribution in [0.3, 0.4) is 0 Å². The first-order chi connectivity index (χ1) is 10.8. The van der Waals surface area contributed by atoms with Gasteiger partial charge in [-0.1, -0.05) is 18.2 Å². The molecule has 124 valence electrons. The van der Waals surface area contributed by atoms with Crippen LogP contribution in [0.2, 0.25) is 0 Å². The number of carboxylic acid groups (broad SMARTS) is 1. The van der Waals surface area contributed by atoms with Crippen molar-refractivity contribution in [2.45, 2.75) is 18.9 Å². The summed E-state index contributed by atoms with van der Waals surface area (Å²) in [6, 6.07) is 5.82. The summed E-state index contributed by atoms with van der Waals surface area (Å²) in [5, 5.41) is 19.5. The van der Waals surface area contributed by atoms with Crippen molar-refractivity contribution < 1.29 is 19.7 Å². The van der Waals surface area contributed by atoms with E-state index in [1.807, 2.05) is 0 Å². The molecule has 1 aromatic rings. The predicted octanol–water partition coefficient (Wildman–Crippen LogP) is -0.173. The van der Waals surface area contributed by atoms with E-state index in [0.717, 1.165) is 0 Å². The highest BCUT2D eigenvalue weighted by Gasteiger charge is 2.39. The van der Waals surface area contributed by atoms with Crippen LogP contribution in [0.5, 0.6) is 0 Å². The number of amides is 1. The maximum atomic E-state index is 12.2. The van der Waals surface area contributed by atoms with Crippen molar-refractivity contribution in [3.05, 3.63) is 46.0 Å². The fraction of sp³-hybridized carbons (Fsp3) is 0.308. The van der Waals surface area contributed by atoms with Gasteiger partial charge in [-0.3, -0.25) is 9.79 Å². The zero-order valence-corrected chi connectivity index (χ0v) is 12.2. The van der Waals surface area contributed by atoms with Crippen LogP contribution >= 0.6 is 0 Å². The van der Waals surface area contributed by atoms with Crippen molar-refractivity contribution in [1.29, 1.82) is 0 Å². The van der Waals surface area contributed by atoms with Gasteiger partial charge in [0.05, 0.1) is 0 Å². The van der Waals surface area contributed by atoms with E-state index >= 15 is 0 Å². The molecule has 0 fully saturated rings. The number of nitro groups is 1. The van der Waals surface area contributed by atoms with Gasteiger partial charge in [-0.25, -0.2) is 14.9 Å². The van der Waals surface area contributed by atoms with Crippen LogP contribution in [0, 0.1) is 10.1 Å². The number of hydrogen-bond donors (Lipinski definition) is 3. The molecule has 0 aliphatic heterocycles. The minimum Gasteiger partial charge on any atom is -0.480 e. The van der Waals surface area contributed by atoms with Gasteiger partial charge >= 0.3 is 11.9 Å². The van der Waals surface area contributed by atoms with Gasteiger partial charge in [0.2, 0.25) is 0 Å². The second-order valence-electron chi connectivity index (χ2n) is 4.56. The molecule has 0 radical (unpaired) electrons. The van der Waals surface area contributed by atoms with Crippen molar-refractivity contribution in [1.82, 2.24) is 5.01 Å². The number of carbonyl (C=O) groups excluding carboxylic acids is 1.